The van der Waals surface area contributed by atoms with Crippen LogP contribution in [0.2, 0.25) is 0 Å². The van der Waals surface area contributed by atoms with Gasteiger partial charge in [0.25, 0.3) is 5.69 Å². The first kappa shape index (κ1) is 9.77. The molecule has 0 amide bonds. The number of nitro groups is 1. The van der Waals surface area contributed by atoms with Gasteiger partial charge in [0, 0.05) is 18.3 Å². The highest BCUT2D eigenvalue weighted by molar-refractivity contribution is 5.81. The summed E-state index contributed by atoms with van der Waals surface area (Å²) in [5.41, 5.74) is 3.46. The molecule has 1 aromatic carbocycles. The molecule has 0 spiro atoms. The van der Waals surface area contributed by atoms with E-state index < -0.39 is 4.92 Å². The van der Waals surface area contributed by atoms with Gasteiger partial charge in [-0.3, -0.25) is 10.1 Å². The normalized spacial score (nSPS) is 11.1. The minimum Gasteiger partial charge on any atom is -0.313 e. The van der Waals surface area contributed by atoms with E-state index in [0.29, 0.717) is 5.52 Å². The van der Waals surface area contributed by atoms with Crippen LogP contribution in [0.1, 0.15) is 5.69 Å². The van der Waals surface area contributed by atoms with Gasteiger partial charge in [0.2, 0.25) is 0 Å². The van der Waals surface area contributed by atoms with E-state index in [4.69, 9.17) is 0 Å². The second-order valence-electron chi connectivity index (χ2n) is 3.89. The number of benzene rings is 1. The van der Waals surface area contributed by atoms with E-state index in [1.807, 2.05) is 29.7 Å². The molecule has 3 rings (SSSR count). The Labute approximate surface area is 96.5 Å². The molecule has 0 aliphatic heterocycles. The Bertz CT molecular complexity index is 746. The molecule has 0 aliphatic carbocycles. The predicted octanol–water partition coefficient (Wildman–Crippen LogP) is 2.70. The number of hydrogen-bond donors (Lipinski definition) is 0. The number of nitro benzene ring substituents is 1. The first-order valence-corrected chi connectivity index (χ1v) is 5.18. The number of fused-ring (bicyclic) bond motifs is 3. The second kappa shape index (κ2) is 3.28. The fraction of sp³-hybridized carbons (Fsp3) is 0.0833. The summed E-state index contributed by atoms with van der Waals surface area (Å²) in [6.07, 6.45) is 1.93. The molecule has 5 nitrogen and oxygen atoms in total. The van der Waals surface area contributed by atoms with Gasteiger partial charge < -0.3 is 4.40 Å². The van der Waals surface area contributed by atoms with Crippen molar-refractivity contribution in [3.63, 3.8) is 0 Å². The molecule has 2 aromatic heterocycles. The molecule has 0 saturated carbocycles. The lowest BCUT2D eigenvalue weighted by atomic mass is 10.2. The molecule has 17 heavy (non-hydrogen) atoms. The van der Waals surface area contributed by atoms with Gasteiger partial charge in [0.05, 0.1) is 27.2 Å². The molecule has 0 bridgehead atoms. The van der Waals surface area contributed by atoms with Gasteiger partial charge >= 0.3 is 0 Å². The van der Waals surface area contributed by atoms with Gasteiger partial charge in [0.15, 0.2) is 0 Å². The first-order valence-electron chi connectivity index (χ1n) is 5.18. The van der Waals surface area contributed by atoms with Crippen LogP contribution in [0.4, 0.5) is 5.69 Å². The third-order valence-corrected chi connectivity index (χ3v) is 2.84. The molecule has 0 unspecified atom stereocenters. The maximum Gasteiger partial charge on any atom is 0.271 e. The van der Waals surface area contributed by atoms with Crippen molar-refractivity contribution in [2.24, 2.45) is 0 Å². The minimum absolute atomic E-state index is 0.0657. The van der Waals surface area contributed by atoms with Crippen LogP contribution in [0.15, 0.2) is 36.5 Å². The van der Waals surface area contributed by atoms with Crippen LogP contribution in [0.5, 0.6) is 0 Å². The minimum atomic E-state index is -0.406. The molecular formula is C12H9N3O2. The average Bonchev–Trinajstić information content (AvgIpc) is 2.78. The van der Waals surface area contributed by atoms with Gasteiger partial charge in [0.1, 0.15) is 0 Å². The summed E-state index contributed by atoms with van der Waals surface area (Å²) in [6.45, 7) is 1.90. The monoisotopic (exact) mass is 227 g/mol. The zero-order valence-electron chi connectivity index (χ0n) is 9.12. The topological polar surface area (TPSA) is 60.4 Å². The number of hydrogen-bond acceptors (Lipinski definition) is 3. The van der Waals surface area contributed by atoms with Crippen molar-refractivity contribution in [3.05, 3.63) is 52.3 Å². The SMILES string of the molecule is Cc1nc2cc([N+](=O)[O-])ccc2n2cccc12. The molecule has 0 atom stereocenters. The van der Waals surface area contributed by atoms with Crippen LogP contribution >= 0.6 is 0 Å². The highest BCUT2D eigenvalue weighted by atomic mass is 16.6. The summed E-state index contributed by atoms with van der Waals surface area (Å²) in [5.74, 6) is 0. The lowest BCUT2D eigenvalue weighted by Gasteiger charge is -2.04. The average molecular weight is 227 g/mol. The Hall–Kier alpha value is -2.43. The van der Waals surface area contributed by atoms with Crippen molar-refractivity contribution in [1.82, 2.24) is 9.38 Å². The maximum atomic E-state index is 10.7. The highest BCUT2D eigenvalue weighted by Gasteiger charge is 2.10. The van der Waals surface area contributed by atoms with E-state index in [9.17, 15) is 10.1 Å². The molecule has 0 radical (unpaired) electrons. The summed E-state index contributed by atoms with van der Waals surface area (Å²) in [7, 11) is 0. The number of rotatable bonds is 1. The van der Waals surface area contributed by atoms with E-state index in [1.54, 1.807) is 6.07 Å². The van der Waals surface area contributed by atoms with Crippen LogP contribution in [0.25, 0.3) is 16.6 Å². The summed E-state index contributed by atoms with van der Waals surface area (Å²) in [4.78, 5) is 14.7. The van der Waals surface area contributed by atoms with Crippen molar-refractivity contribution in [2.75, 3.05) is 0 Å². The smallest absolute Gasteiger partial charge is 0.271 e. The standard InChI is InChI=1S/C12H9N3O2/c1-8-11-3-2-6-14(11)12-5-4-9(15(16)17)7-10(12)13-8/h2-7H,1H3. The Kier molecular flexibility index (Phi) is 1.89. The number of nitrogens with zero attached hydrogens (tertiary/aromatic N) is 3. The van der Waals surface area contributed by atoms with E-state index >= 15 is 0 Å². The molecule has 0 N–H and O–H groups in total. The third kappa shape index (κ3) is 1.36. The van der Waals surface area contributed by atoms with Gasteiger partial charge in [-0.1, -0.05) is 0 Å². The summed E-state index contributed by atoms with van der Waals surface area (Å²) in [6, 6.07) is 8.64. The van der Waals surface area contributed by atoms with Crippen molar-refractivity contribution in [1.29, 1.82) is 0 Å². The van der Waals surface area contributed by atoms with Crippen molar-refractivity contribution in [2.45, 2.75) is 6.92 Å². The Balaban J connectivity index is 2.45. The van der Waals surface area contributed by atoms with E-state index in [-0.39, 0.29) is 5.69 Å². The second-order valence-corrected chi connectivity index (χ2v) is 3.89. The van der Waals surface area contributed by atoms with Crippen molar-refractivity contribution in [3.8, 4) is 0 Å². The zero-order valence-corrected chi connectivity index (χ0v) is 9.12. The fourth-order valence-corrected chi connectivity index (χ4v) is 2.04. The highest BCUT2D eigenvalue weighted by Crippen LogP contribution is 2.22. The third-order valence-electron chi connectivity index (χ3n) is 2.84. The van der Waals surface area contributed by atoms with Crippen LogP contribution in [-0.2, 0) is 0 Å². The van der Waals surface area contributed by atoms with Gasteiger partial charge in [-0.2, -0.15) is 0 Å². The quantitative estimate of drug-likeness (QED) is 0.474. The van der Waals surface area contributed by atoms with E-state index in [2.05, 4.69) is 4.98 Å². The van der Waals surface area contributed by atoms with Crippen LogP contribution in [-0.4, -0.2) is 14.3 Å². The molecule has 2 heterocycles. The number of aryl methyl sites for hydroxylation is 1. The lowest BCUT2D eigenvalue weighted by molar-refractivity contribution is -0.384. The Morgan fingerprint density at radius 1 is 1.29 bits per heavy atom. The predicted molar refractivity (Wildman–Crippen MR) is 64.1 cm³/mol. The first-order chi connectivity index (χ1) is 8.16. The molecule has 5 heteroatoms. The summed E-state index contributed by atoms with van der Waals surface area (Å²) < 4.78 is 1.99. The molecule has 3 aromatic rings. The van der Waals surface area contributed by atoms with E-state index in [1.165, 1.54) is 12.1 Å². The number of non-ortho nitro benzene ring substituents is 1. The largest absolute Gasteiger partial charge is 0.313 e. The van der Waals surface area contributed by atoms with Crippen molar-refractivity contribution < 1.29 is 4.92 Å². The van der Waals surface area contributed by atoms with Gasteiger partial charge in [-0.25, -0.2) is 4.98 Å². The molecule has 0 saturated heterocycles. The Morgan fingerprint density at radius 3 is 2.88 bits per heavy atom. The van der Waals surface area contributed by atoms with Crippen molar-refractivity contribution >= 4 is 22.2 Å². The summed E-state index contributed by atoms with van der Waals surface area (Å²) in [5, 5.41) is 10.7. The zero-order chi connectivity index (χ0) is 12.0. The molecule has 0 fully saturated rings. The van der Waals surface area contributed by atoms with Crippen LogP contribution in [0, 0.1) is 17.0 Å². The van der Waals surface area contributed by atoms with Crippen LogP contribution in [0.3, 0.4) is 0 Å². The fourth-order valence-electron chi connectivity index (χ4n) is 2.04. The molecular weight excluding hydrogens is 218 g/mol. The lowest BCUT2D eigenvalue weighted by Crippen LogP contribution is -1.95. The maximum absolute atomic E-state index is 10.7. The Morgan fingerprint density at radius 2 is 2.12 bits per heavy atom. The van der Waals surface area contributed by atoms with Gasteiger partial charge in [-0.05, 0) is 25.1 Å². The van der Waals surface area contributed by atoms with E-state index in [0.717, 1.165) is 16.7 Å². The summed E-state index contributed by atoms with van der Waals surface area (Å²) >= 11 is 0. The van der Waals surface area contributed by atoms with Crippen LogP contribution < -0.4 is 0 Å². The van der Waals surface area contributed by atoms with Gasteiger partial charge in [-0.15, -0.1) is 0 Å². The number of aromatic nitrogens is 2. The molecule has 84 valence electrons. The molecule has 0 aliphatic rings.